The molecule has 2 fully saturated rings. The molecule has 3 aliphatic rings. The molecule has 0 aromatic heterocycles. The van der Waals surface area contributed by atoms with Crippen molar-refractivity contribution < 1.29 is 29.3 Å². The molecular weight excluding hydrogens is 302 g/mol. The molecule has 3 aliphatic heterocycles. The van der Waals surface area contributed by atoms with E-state index in [0.29, 0.717) is 6.42 Å². The first-order valence-electron chi connectivity index (χ1n) is 7.91. The molecule has 7 heteroatoms. The van der Waals surface area contributed by atoms with Crippen molar-refractivity contribution in [2.45, 2.75) is 50.5 Å². The maximum Gasteiger partial charge on any atom is 0.341 e. The van der Waals surface area contributed by atoms with E-state index in [2.05, 4.69) is 4.90 Å². The highest BCUT2D eigenvalue weighted by atomic mass is 16.6. The predicted octanol–water partition coefficient (Wildman–Crippen LogP) is -0.393. The van der Waals surface area contributed by atoms with Crippen molar-refractivity contribution in [2.75, 3.05) is 19.7 Å². The van der Waals surface area contributed by atoms with E-state index in [1.807, 2.05) is 6.08 Å². The van der Waals surface area contributed by atoms with Crippen LogP contribution in [0.15, 0.2) is 11.6 Å². The van der Waals surface area contributed by atoms with Crippen LogP contribution in [0.5, 0.6) is 0 Å². The number of hydrogen-bond acceptors (Lipinski definition) is 7. The van der Waals surface area contributed by atoms with E-state index in [0.717, 1.165) is 18.7 Å². The fourth-order valence-corrected chi connectivity index (χ4v) is 3.52. The molecule has 0 aromatic rings. The Hall–Kier alpha value is -1.44. The van der Waals surface area contributed by atoms with Gasteiger partial charge < -0.3 is 19.7 Å². The molecule has 0 aliphatic carbocycles. The normalized spacial score (nSPS) is 44.9. The largest absolute Gasteiger partial charge is 0.461 e. The van der Waals surface area contributed by atoms with Crippen LogP contribution in [0.1, 0.15) is 27.2 Å². The summed E-state index contributed by atoms with van der Waals surface area (Å²) in [6, 6.07) is -0.124. The molecule has 3 heterocycles. The van der Waals surface area contributed by atoms with Gasteiger partial charge in [-0.3, -0.25) is 9.69 Å². The third-order valence-corrected chi connectivity index (χ3v) is 5.63. The van der Waals surface area contributed by atoms with Gasteiger partial charge in [0, 0.05) is 13.1 Å². The molecule has 0 spiro atoms. The number of nitrogens with zero attached hydrogens (tertiary/aromatic N) is 1. The highest BCUT2D eigenvalue weighted by Gasteiger charge is 2.56. The minimum atomic E-state index is -2.22. The molecule has 128 valence electrons. The summed E-state index contributed by atoms with van der Waals surface area (Å²) in [6.45, 7) is 5.46. The minimum Gasteiger partial charge on any atom is -0.461 e. The Kier molecular flexibility index (Phi) is 3.78. The molecular formula is C16H23NO6. The first-order valence-corrected chi connectivity index (χ1v) is 7.91. The van der Waals surface area contributed by atoms with Gasteiger partial charge in [0.05, 0.1) is 12.0 Å². The summed E-state index contributed by atoms with van der Waals surface area (Å²) < 4.78 is 10.8. The quantitative estimate of drug-likeness (QED) is 0.462. The maximum absolute atomic E-state index is 12.5. The Morgan fingerprint density at radius 2 is 2.00 bits per heavy atom. The molecule has 0 bridgehead atoms. The lowest BCUT2D eigenvalue weighted by Crippen LogP contribution is -2.61. The van der Waals surface area contributed by atoms with Crippen molar-refractivity contribution >= 4 is 11.9 Å². The second-order valence-corrected chi connectivity index (χ2v) is 7.00. The van der Waals surface area contributed by atoms with Gasteiger partial charge in [0.25, 0.3) is 0 Å². The van der Waals surface area contributed by atoms with E-state index in [4.69, 9.17) is 9.47 Å². The molecule has 2 N–H and O–H groups in total. The SMILES string of the molecule is C[C@@H]1C(=O)OCC2=CCN3CC[C@@H](OC(=O)[C@@](C)(O)[C@@]1(C)O)[C@H]23. The molecule has 0 amide bonds. The molecule has 0 radical (unpaired) electrons. The van der Waals surface area contributed by atoms with Crippen LogP contribution in [-0.4, -0.2) is 70.1 Å². The first-order chi connectivity index (χ1) is 10.7. The van der Waals surface area contributed by atoms with E-state index >= 15 is 0 Å². The van der Waals surface area contributed by atoms with Crippen molar-refractivity contribution in [3.63, 3.8) is 0 Å². The molecule has 0 unspecified atom stereocenters. The van der Waals surface area contributed by atoms with E-state index in [1.165, 1.54) is 20.8 Å². The van der Waals surface area contributed by atoms with Gasteiger partial charge in [0.1, 0.15) is 18.3 Å². The molecule has 3 rings (SSSR count). The van der Waals surface area contributed by atoms with Crippen LogP contribution in [-0.2, 0) is 19.1 Å². The number of carbonyl (C=O) groups excluding carboxylic acids is 2. The number of esters is 2. The zero-order chi connectivity index (χ0) is 17.0. The molecule has 23 heavy (non-hydrogen) atoms. The van der Waals surface area contributed by atoms with Gasteiger partial charge in [-0.1, -0.05) is 6.08 Å². The number of cyclic esters (lactones) is 1. The van der Waals surface area contributed by atoms with Crippen molar-refractivity contribution in [1.29, 1.82) is 0 Å². The average Bonchev–Trinajstić information content (AvgIpc) is 3.06. The second-order valence-electron chi connectivity index (χ2n) is 7.00. The summed E-state index contributed by atoms with van der Waals surface area (Å²) in [5.74, 6) is -2.65. The molecule has 7 nitrogen and oxygen atoms in total. The van der Waals surface area contributed by atoms with Gasteiger partial charge in [0.15, 0.2) is 5.60 Å². The van der Waals surface area contributed by atoms with Crippen molar-refractivity contribution in [3.8, 4) is 0 Å². The van der Waals surface area contributed by atoms with Gasteiger partial charge in [0.2, 0.25) is 0 Å². The van der Waals surface area contributed by atoms with Gasteiger partial charge in [-0.25, -0.2) is 4.79 Å². The minimum absolute atomic E-state index is 0.108. The van der Waals surface area contributed by atoms with E-state index < -0.39 is 35.2 Å². The van der Waals surface area contributed by atoms with E-state index in [1.54, 1.807) is 0 Å². The van der Waals surface area contributed by atoms with Gasteiger partial charge >= 0.3 is 11.9 Å². The van der Waals surface area contributed by atoms with Crippen LogP contribution >= 0.6 is 0 Å². The number of hydrogen-bond donors (Lipinski definition) is 2. The van der Waals surface area contributed by atoms with E-state index in [9.17, 15) is 19.8 Å². The Morgan fingerprint density at radius 1 is 1.30 bits per heavy atom. The lowest BCUT2D eigenvalue weighted by Gasteiger charge is -2.39. The van der Waals surface area contributed by atoms with Crippen molar-refractivity contribution in [2.24, 2.45) is 5.92 Å². The zero-order valence-corrected chi connectivity index (χ0v) is 13.6. The average molecular weight is 325 g/mol. The molecule has 0 saturated carbocycles. The van der Waals surface area contributed by atoms with Gasteiger partial charge in [-0.2, -0.15) is 0 Å². The molecule has 2 saturated heterocycles. The highest BCUT2D eigenvalue weighted by molar-refractivity contribution is 5.83. The van der Waals surface area contributed by atoms with Crippen LogP contribution in [0.25, 0.3) is 0 Å². The number of ether oxygens (including phenoxy) is 2. The fourth-order valence-electron chi connectivity index (χ4n) is 3.52. The van der Waals surface area contributed by atoms with Crippen LogP contribution in [0.2, 0.25) is 0 Å². The second kappa shape index (κ2) is 5.29. The Balaban J connectivity index is 1.97. The van der Waals surface area contributed by atoms with Crippen LogP contribution < -0.4 is 0 Å². The smallest absolute Gasteiger partial charge is 0.341 e. The van der Waals surface area contributed by atoms with Gasteiger partial charge in [-0.05, 0) is 32.8 Å². The Bertz CT molecular complexity index is 567. The Morgan fingerprint density at radius 3 is 2.70 bits per heavy atom. The van der Waals surface area contributed by atoms with Crippen LogP contribution in [0.3, 0.4) is 0 Å². The topological polar surface area (TPSA) is 96.3 Å². The number of aliphatic hydroxyl groups is 2. The summed E-state index contributed by atoms with van der Waals surface area (Å²) in [7, 11) is 0. The summed E-state index contributed by atoms with van der Waals surface area (Å²) in [6.07, 6.45) is 2.22. The van der Waals surface area contributed by atoms with E-state index in [-0.39, 0.29) is 12.6 Å². The Labute approximate surface area is 134 Å². The lowest BCUT2D eigenvalue weighted by molar-refractivity contribution is -0.208. The summed E-state index contributed by atoms with van der Waals surface area (Å²) >= 11 is 0. The zero-order valence-electron chi connectivity index (χ0n) is 13.6. The van der Waals surface area contributed by atoms with Crippen molar-refractivity contribution in [3.05, 3.63) is 11.6 Å². The first kappa shape index (κ1) is 16.4. The summed E-state index contributed by atoms with van der Waals surface area (Å²) in [5, 5.41) is 21.2. The third kappa shape index (κ3) is 2.38. The summed E-state index contributed by atoms with van der Waals surface area (Å²) in [5.41, 5.74) is -3.32. The molecule has 0 aromatic carbocycles. The monoisotopic (exact) mass is 325 g/mol. The lowest BCUT2D eigenvalue weighted by atomic mass is 9.76. The predicted molar refractivity (Wildman–Crippen MR) is 79.3 cm³/mol. The van der Waals surface area contributed by atoms with Gasteiger partial charge in [-0.15, -0.1) is 0 Å². The fraction of sp³-hybridized carbons (Fsp3) is 0.750. The molecule has 5 atom stereocenters. The maximum atomic E-state index is 12.5. The third-order valence-electron chi connectivity index (χ3n) is 5.63. The highest BCUT2D eigenvalue weighted by Crippen LogP contribution is 2.37. The standard InChI is InChI=1S/C16H23NO6/c1-9-13(18)22-8-10-4-6-17-7-5-11(12(10)17)23-14(19)16(3,21)15(9,2)20/h4,9,11-12,20-21H,5-8H2,1-3H3/t9-,11-,12+,15+,16-/m1/s1. The summed E-state index contributed by atoms with van der Waals surface area (Å²) in [4.78, 5) is 26.9. The van der Waals surface area contributed by atoms with Crippen LogP contribution in [0.4, 0.5) is 0 Å². The van der Waals surface area contributed by atoms with Crippen molar-refractivity contribution in [1.82, 2.24) is 4.90 Å². The van der Waals surface area contributed by atoms with Crippen LogP contribution in [0, 0.1) is 5.92 Å². The number of carbonyl (C=O) groups is 2. The number of rotatable bonds is 0.